The van der Waals surface area contributed by atoms with Gasteiger partial charge in [-0.15, -0.1) is 0 Å². The average Bonchev–Trinajstić information content (AvgIpc) is 2.61. The summed E-state index contributed by atoms with van der Waals surface area (Å²) in [6, 6.07) is 0.818. The highest BCUT2D eigenvalue weighted by molar-refractivity contribution is 4.89. The topological polar surface area (TPSA) is 24.5 Å². The molecule has 2 heterocycles. The van der Waals surface area contributed by atoms with Crippen LogP contribution in [0.25, 0.3) is 0 Å². The highest BCUT2D eigenvalue weighted by Gasteiger charge is 2.31. The van der Waals surface area contributed by atoms with Crippen LogP contribution in [0.2, 0.25) is 0 Å². The van der Waals surface area contributed by atoms with E-state index in [0.717, 1.165) is 25.1 Å². The summed E-state index contributed by atoms with van der Waals surface area (Å²) in [4.78, 5) is 2.54. The molecule has 2 atom stereocenters. The van der Waals surface area contributed by atoms with E-state index in [1.165, 1.54) is 32.5 Å². The molecule has 13 heavy (non-hydrogen) atoms. The summed E-state index contributed by atoms with van der Waals surface area (Å²) < 4.78 is 5.10. The highest BCUT2D eigenvalue weighted by Crippen LogP contribution is 2.23. The van der Waals surface area contributed by atoms with Gasteiger partial charge in [0.1, 0.15) is 0 Å². The van der Waals surface area contributed by atoms with Crippen molar-refractivity contribution < 1.29 is 4.74 Å². The number of methoxy groups -OCH3 is 1. The van der Waals surface area contributed by atoms with Gasteiger partial charge in [0.05, 0.1) is 6.61 Å². The first-order valence-electron chi connectivity index (χ1n) is 5.35. The number of piperidine rings is 1. The van der Waals surface area contributed by atoms with Crippen LogP contribution in [0.3, 0.4) is 0 Å². The Bertz CT molecular complexity index is 163. The van der Waals surface area contributed by atoms with Gasteiger partial charge in [0.15, 0.2) is 0 Å². The molecule has 3 nitrogen and oxygen atoms in total. The van der Waals surface area contributed by atoms with E-state index in [1.807, 2.05) is 0 Å². The van der Waals surface area contributed by atoms with Crippen molar-refractivity contribution in [3.8, 4) is 0 Å². The van der Waals surface area contributed by atoms with Crippen LogP contribution in [0.15, 0.2) is 0 Å². The second-order valence-corrected chi connectivity index (χ2v) is 4.19. The zero-order valence-electron chi connectivity index (χ0n) is 8.46. The summed E-state index contributed by atoms with van der Waals surface area (Å²) in [6.45, 7) is 5.75. The first-order valence-corrected chi connectivity index (χ1v) is 5.35. The predicted octanol–water partition coefficient (Wildman–Crippen LogP) is 0.317. The third-order valence-electron chi connectivity index (χ3n) is 3.35. The number of nitrogens with zero attached hydrogens (tertiary/aromatic N) is 1. The van der Waals surface area contributed by atoms with Gasteiger partial charge in [-0.3, -0.25) is 0 Å². The fourth-order valence-corrected chi connectivity index (χ4v) is 2.55. The Morgan fingerprint density at radius 3 is 3.23 bits per heavy atom. The summed E-state index contributed by atoms with van der Waals surface area (Å²) >= 11 is 0. The van der Waals surface area contributed by atoms with Gasteiger partial charge in [0.25, 0.3) is 0 Å². The summed E-state index contributed by atoms with van der Waals surface area (Å²) in [5.74, 6) is 0.908. The molecule has 0 amide bonds. The molecule has 0 radical (unpaired) electrons. The average molecular weight is 184 g/mol. The van der Waals surface area contributed by atoms with Crippen molar-refractivity contribution in [1.82, 2.24) is 10.2 Å². The fraction of sp³-hybridized carbons (Fsp3) is 1.00. The van der Waals surface area contributed by atoms with E-state index in [4.69, 9.17) is 4.74 Å². The minimum absolute atomic E-state index is 0.818. The second kappa shape index (κ2) is 4.40. The Kier molecular flexibility index (Phi) is 3.19. The summed E-state index contributed by atoms with van der Waals surface area (Å²) in [7, 11) is 1.78. The lowest BCUT2D eigenvalue weighted by molar-refractivity contribution is 0.109. The van der Waals surface area contributed by atoms with Crippen molar-refractivity contribution in [3.05, 3.63) is 0 Å². The summed E-state index contributed by atoms with van der Waals surface area (Å²) in [5, 5.41) is 3.58. The van der Waals surface area contributed by atoms with Gasteiger partial charge in [-0.1, -0.05) is 0 Å². The Morgan fingerprint density at radius 2 is 2.38 bits per heavy atom. The van der Waals surface area contributed by atoms with Crippen molar-refractivity contribution >= 4 is 0 Å². The molecular formula is C10H20N2O. The molecule has 0 aliphatic carbocycles. The van der Waals surface area contributed by atoms with Crippen LogP contribution in [0, 0.1) is 5.92 Å². The SMILES string of the molecule is COCCN1CCC2NCCC2C1. The van der Waals surface area contributed by atoms with E-state index < -0.39 is 0 Å². The van der Waals surface area contributed by atoms with Crippen LogP contribution >= 0.6 is 0 Å². The van der Waals surface area contributed by atoms with Crippen LogP contribution in [0.5, 0.6) is 0 Å². The van der Waals surface area contributed by atoms with Crippen molar-refractivity contribution in [2.24, 2.45) is 5.92 Å². The molecule has 2 aliphatic rings. The molecule has 2 saturated heterocycles. The molecule has 0 bridgehead atoms. The number of rotatable bonds is 3. The molecular weight excluding hydrogens is 164 g/mol. The van der Waals surface area contributed by atoms with Gasteiger partial charge in [0.2, 0.25) is 0 Å². The number of hydrogen-bond acceptors (Lipinski definition) is 3. The second-order valence-electron chi connectivity index (χ2n) is 4.19. The standard InChI is InChI=1S/C10H20N2O/c1-13-7-6-12-5-3-10-9(8-12)2-4-11-10/h9-11H,2-8H2,1H3. The molecule has 0 spiro atoms. The van der Waals surface area contributed by atoms with Crippen LogP contribution in [0.1, 0.15) is 12.8 Å². The molecule has 0 saturated carbocycles. The zero-order chi connectivity index (χ0) is 9.10. The lowest BCUT2D eigenvalue weighted by atomic mass is 9.93. The van der Waals surface area contributed by atoms with E-state index in [0.29, 0.717) is 0 Å². The van der Waals surface area contributed by atoms with Crippen molar-refractivity contribution in [2.45, 2.75) is 18.9 Å². The molecule has 0 aromatic rings. The number of fused-ring (bicyclic) bond motifs is 1. The van der Waals surface area contributed by atoms with Crippen molar-refractivity contribution in [3.63, 3.8) is 0 Å². The molecule has 0 aromatic carbocycles. The first kappa shape index (κ1) is 9.44. The van der Waals surface area contributed by atoms with Crippen LogP contribution in [0.4, 0.5) is 0 Å². The molecule has 2 fully saturated rings. The minimum atomic E-state index is 0.818. The first-order chi connectivity index (χ1) is 6.40. The summed E-state index contributed by atoms with van der Waals surface area (Å²) in [5.41, 5.74) is 0. The highest BCUT2D eigenvalue weighted by atomic mass is 16.5. The van der Waals surface area contributed by atoms with E-state index >= 15 is 0 Å². The van der Waals surface area contributed by atoms with Crippen molar-refractivity contribution in [1.29, 1.82) is 0 Å². The Balaban J connectivity index is 1.76. The molecule has 0 aromatic heterocycles. The molecule has 2 aliphatic heterocycles. The third-order valence-corrected chi connectivity index (χ3v) is 3.35. The van der Waals surface area contributed by atoms with Gasteiger partial charge in [0, 0.05) is 26.2 Å². The maximum Gasteiger partial charge on any atom is 0.0589 e. The van der Waals surface area contributed by atoms with Crippen molar-refractivity contribution in [2.75, 3.05) is 39.9 Å². The van der Waals surface area contributed by atoms with Gasteiger partial charge >= 0.3 is 0 Å². The van der Waals surface area contributed by atoms with Gasteiger partial charge < -0.3 is 15.0 Å². The monoisotopic (exact) mass is 184 g/mol. The number of likely N-dealkylation sites (tertiary alicyclic amines) is 1. The molecule has 3 heteroatoms. The Labute approximate surface area is 80.4 Å². The van der Waals surface area contributed by atoms with Gasteiger partial charge in [-0.05, 0) is 31.8 Å². The van der Waals surface area contributed by atoms with E-state index in [-0.39, 0.29) is 0 Å². The normalized spacial score (nSPS) is 34.8. The predicted molar refractivity (Wildman–Crippen MR) is 52.8 cm³/mol. The smallest absolute Gasteiger partial charge is 0.0589 e. The number of ether oxygens (including phenoxy) is 1. The van der Waals surface area contributed by atoms with Crippen LogP contribution in [-0.2, 0) is 4.74 Å². The fourth-order valence-electron chi connectivity index (χ4n) is 2.55. The lowest BCUT2D eigenvalue weighted by Gasteiger charge is -2.34. The Morgan fingerprint density at radius 1 is 1.46 bits per heavy atom. The number of hydrogen-bond donors (Lipinski definition) is 1. The van der Waals surface area contributed by atoms with E-state index in [9.17, 15) is 0 Å². The van der Waals surface area contributed by atoms with Crippen LogP contribution < -0.4 is 5.32 Å². The third kappa shape index (κ3) is 2.22. The van der Waals surface area contributed by atoms with Gasteiger partial charge in [-0.25, -0.2) is 0 Å². The molecule has 1 N–H and O–H groups in total. The molecule has 2 rings (SSSR count). The number of nitrogens with one attached hydrogen (secondary N) is 1. The Hall–Kier alpha value is -0.120. The van der Waals surface area contributed by atoms with Crippen LogP contribution in [-0.4, -0.2) is 50.8 Å². The minimum Gasteiger partial charge on any atom is -0.383 e. The van der Waals surface area contributed by atoms with E-state index in [1.54, 1.807) is 7.11 Å². The molecule has 2 unspecified atom stereocenters. The van der Waals surface area contributed by atoms with E-state index in [2.05, 4.69) is 10.2 Å². The largest absolute Gasteiger partial charge is 0.383 e. The molecule has 76 valence electrons. The maximum atomic E-state index is 5.10. The van der Waals surface area contributed by atoms with Gasteiger partial charge in [-0.2, -0.15) is 0 Å². The summed E-state index contributed by atoms with van der Waals surface area (Å²) in [6.07, 6.45) is 2.70. The maximum absolute atomic E-state index is 5.10. The lowest BCUT2D eigenvalue weighted by Crippen LogP contribution is -2.45. The quantitative estimate of drug-likeness (QED) is 0.683. The zero-order valence-corrected chi connectivity index (χ0v) is 8.46.